The first-order valence-corrected chi connectivity index (χ1v) is 7.83. The minimum atomic E-state index is -0.297. The van der Waals surface area contributed by atoms with E-state index >= 15 is 0 Å². The molecule has 0 aliphatic heterocycles. The first kappa shape index (κ1) is 16.8. The SMILES string of the molecule is CCCCNC(=O)Cn1cccc(OCc2ccccc2)c1=O. The van der Waals surface area contributed by atoms with Crippen LogP contribution in [0.15, 0.2) is 53.5 Å². The van der Waals surface area contributed by atoms with Gasteiger partial charge in [0, 0.05) is 12.7 Å². The van der Waals surface area contributed by atoms with E-state index in [1.807, 2.05) is 30.3 Å². The molecule has 2 rings (SSSR count). The van der Waals surface area contributed by atoms with Crippen molar-refractivity contribution in [3.8, 4) is 5.75 Å². The fraction of sp³-hybridized carbons (Fsp3) is 0.333. The Bertz CT molecular complexity index is 680. The molecule has 5 heteroatoms. The second-order valence-electron chi connectivity index (χ2n) is 5.28. The van der Waals surface area contributed by atoms with Crippen LogP contribution < -0.4 is 15.6 Å². The van der Waals surface area contributed by atoms with Crippen molar-refractivity contribution in [1.29, 1.82) is 0 Å². The maximum absolute atomic E-state index is 12.3. The lowest BCUT2D eigenvalue weighted by molar-refractivity contribution is -0.121. The first-order chi connectivity index (χ1) is 11.2. The number of amides is 1. The summed E-state index contributed by atoms with van der Waals surface area (Å²) in [4.78, 5) is 24.1. The predicted molar refractivity (Wildman–Crippen MR) is 89.4 cm³/mol. The number of benzene rings is 1. The Labute approximate surface area is 135 Å². The van der Waals surface area contributed by atoms with Gasteiger partial charge in [-0.25, -0.2) is 0 Å². The van der Waals surface area contributed by atoms with Crippen molar-refractivity contribution in [2.24, 2.45) is 0 Å². The van der Waals surface area contributed by atoms with Crippen molar-refractivity contribution in [2.75, 3.05) is 6.54 Å². The fourth-order valence-corrected chi connectivity index (χ4v) is 2.10. The number of pyridine rings is 1. The normalized spacial score (nSPS) is 10.3. The molecule has 0 spiro atoms. The lowest BCUT2D eigenvalue weighted by atomic mass is 10.2. The van der Waals surface area contributed by atoms with E-state index < -0.39 is 0 Å². The number of aromatic nitrogens is 1. The molecule has 122 valence electrons. The zero-order chi connectivity index (χ0) is 16.5. The lowest BCUT2D eigenvalue weighted by Crippen LogP contribution is -2.32. The number of nitrogens with one attached hydrogen (secondary N) is 1. The van der Waals surface area contributed by atoms with Crippen LogP contribution in [0.2, 0.25) is 0 Å². The zero-order valence-corrected chi connectivity index (χ0v) is 13.3. The van der Waals surface area contributed by atoms with Gasteiger partial charge < -0.3 is 14.6 Å². The third-order valence-electron chi connectivity index (χ3n) is 3.39. The Balaban J connectivity index is 1.97. The van der Waals surface area contributed by atoms with Gasteiger partial charge in [-0.3, -0.25) is 9.59 Å². The molecule has 0 saturated heterocycles. The molecular weight excluding hydrogens is 292 g/mol. The Kier molecular flexibility index (Phi) is 6.41. The van der Waals surface area contributed by atoms with Gasteiger partial charge in [0.2, 0.25) is 5.91 Å². The number of rotatable bonds is 8. The van der Waals surface area contributed by atoms with E-state index in [-0.39, 0.29) is 23.8 Å². The number of hydrogen-bond acceptors (Lipinski definition) is 3. The average Bonchev–Trinajstić information content (AvgIpc) is 2.57. The van der Waals surface area contributed by atoms with Crippen molar-refractivity contribution in [3.63, 3.8) is 0 Å². The van der Waals surface area contributed by atoms with Crippen molar-refractivity contribution in [1.82, 2.24) is 9.88 Å². The van der Waals surface area contributed by atoms with Gasteiger partial charge in [0.1, 0.15) is 13.2 Å². The monoisotopic (exact) mass is 314 g/mol. The van der Waals surface area contributed by atoms with Crippen molar-refractivity contribution >= 4 is 5.91 Å². The smallest absolute Gasteiger partial charge is 0.293 e. The molecule has 1 amide bonds. The Hall–Kier alpha value is -2.56. The molecule has 23 heavy (non-hydrogen) atoms. The number of nitrogens with zero attached hydrogens (tertiary/aromatic N) is 1. The molecule has 0 saturated carbocycles. The Morgan fingerprint density at radius 1 is 1.17 bits per heavy atom. The minimum Gasteiger partial charge on any atom is -0.483 e. The maximum Gasteiger partial charge on any atom is 0.293 e. The van der Waals surface area contributed by atoms with Crippen LogP contribution >= 0.6 is 0 Å². The zero-order valence-electron chi connectivity index (χ0n) is 13.3. The highest BCUT2D eigenvalue weighted by Crippen LogP contribution is 2.07. The second kappa shape index (κ2) is 8.78. The van der Waals surface area contributed by atoms with Gasteiger partial charge in [0.25, 0.3) is 5.56 Å². The predicted octanol–water partition coefficient (Wildman–Crippen LogP) is 2.34. The fourth-order valence-electron chi connectivity index (χ4n) is 2.10. The van der Waals surface area contributed by atoms with Crippen LogP contribution in [-0.2, 0) is 17.9 Å². The van der Waals surface area contributed by atoms with Crippen molar-refractivity contribution in [2.45, 2.75) is 32.9 Å². The summed E-state index contributed by atoms with van der Waals surface area (Å²) in [5, 5.41) is 2.80. The molecule has 0 atom stereocenters. The van der Waals surface area contributed by atoms with E-state index in [4.69, 9.17) is 4.74 Å². The van der Waals surface area contributed by atoms with Gasteiger partial charge in [0.15, 0.2) is 5.75 Å². The number of carbonyl (C=O) groups excluding carboxylic acids is 1. The summed E-state index contributed by atoms with van der Waals surface area (Å²) in [5.41, 5.74) is 0.689. The second-order valence-corrected chi connectivity index (χ2v) is 5.28. The van der Waals surface area contributed by atoms with E-state index in [1.165, 1.54) is 4.57 Å². The van der Waals surface area contributed by atoms with Crippen LogP contribution in [-0.4, -0.2) is 17.0 Å². The Morgan fingerprint density at radius 3 is 2.70 bits per heavy atom. The van der Waals surface area contributed by atoms with Crippen LogP contribution in [0.3, 0.4) is 0 Å². The van der Waals surface area contributed by atoms with Crippen LogP contribution in [0.1, 0.15) is 25.3 Å². The summed E-state index contributed by atoms with van der Waals surface area (Å²) in [6.45, 7) is 3.02. The summed E-state index contributed by atoms with van der Waals surface area (Å²) >= 11 is 0. The molecule has 0 fully saturated rings. The first-order valence-electron chi connectivity index (χ1n) is 7.83. The molecule has 0 unspecified atom stereocenters. The van der Waals surface area contributed by atoms with E-state index in [1.54, 1.807) is 18.3 Å². The van der Waals surface area contributed by atoms with Crippen molar-refractivity contribution < 1.29 is 9.53 Å². The standard InChI is InChI=1S/C18H22N2O3/c1-2-3-11-19-17(21)13-20-12-7-10-16(18(20)22)23-14-15-8-5-4-6-9-15/h4-10,12H,2-3,11,13-14H2,1H3,(H,19,21). The molecule has 1 aromatic heterocycles. The summed E-state index contributed by atoms with van der Waals surface area (Å²) in [6.07, 6.45) is 3.54. The summed E-state index contributed by atoms with van der Waals surface area (Å²) in [5.74, 6) is 0.0819. The van der Waals surface area contributed by atoms with Gasteiger partial charge in [-0.1, -0.05) is 43.7 Å². The van der Waals surface area contributed by atoms with Crippen LogP contribution in [0.25, 0.3) is 0 Å². The lowest BCUT2D eigenvalue weighted by Gasteiger charge is -2.10. The largest absolute Gasteiger partial charge is 0.483 e. The van der Waals surface area contributed by atoms with Crippen LogP contribution in [0.4, 0.5) is 0 Å². The molecule has 2 aromatic rings. The third kappa shape index (κ3) is 5.29. The average molecular weight is 314 g/mol. The number of ether oxygens (including phenoxy) is 1. The number of carbonyl (C=O) groups is 1. The highest BCUT2D eigenvalue weighted by atomic mass is 16.5. The van der Waals surface area contributed by atoms with Crippen LogP contribution in [0, 0.1) is 0 Å². The summed E-state index contributed by atoms with van der Waals surface area (Å²) in [7, 11) is 0. The summed E-state index contributed by atoms with van der Waals surface area (Å²) in [6, 6.07) is 13.0. The van der Waals surface area contributed by atoms with E-state index in [2.05, 4.69) is 12.2 Å². The summed E-state index contributed by atoms with van der Waals surface area (Å²) < 4.78 is 6.94. The maximum atomic E-state index is 12.3. The molecule has 1 N–H and O–H groups in total. The van der Waals surface area contributed by atoms with Gasteiger partial charge >= 0.3 is 0 Å². The Morgan fingerprint density at radius 2 is 1.96 bits per heavy atom. The van der Waals surface area contributed by atoms with Crippen LogP contribution in [0.5, 0.6) is 5.75 Å². The molecule has 0 aliphatic carbocycles. The molecule has 0 aliphatic rings. The van der Waals surface area contributed by atoms with E-state index in [0.29, 0.717) is 13.2 Å². The van der Waals surface area contributed by atoms with Crippen molar-refractivity contribution in [3.05, 3.63) is 64.6 Å². The highest BCUT2D eigenvalue weighted by molar-refractivity contribution is 5.75. The molecule has 1 heterocycles. The van der Waals surface area contributed by atoms with Gasteiger partial charge in [-0.15, -0.1) is 0 Å². The molecule has 5 nitrogen and oxygen atoms in total. The minimum absolute atomic E-state index is 0.00504. The quantitative estimate of drug-likeness (QED) is 0.761. The third-order valence-corrected chi connectivity index (χ3v) is 3.39. The molecule has 0 radical (unpaired) electrons. The molecule has 1 aromatic carbocycles. The number of unbranched alkanes of at least 4 members (excludes halogenated alkanes) is 1. The van der Waals surface area contributed by atoms with E-state index in [9.17, 15) is 9.59 Å². The van der Waals surface area contributed by atoms with Gasteiger partial charge in [0.05, 0.1) is 0 Å². The van der Waals surface area contributed by atoms with E-state index in [0.717, 1.165) is 18.4 Å². The number of hydrogen-bond donors (Lipinski definition) is 1. The topological polar surface area (TPSA) is 60.3 Å². The van der Waals surface area contributed by atoms with Gasteiger partial charge in [-0.05, 0) is 24.1 Å². The van der Waals surface area contributed by atoms with Gasteiger partial charge in [-0.2, -0.15) is 0 Å². The highest BCUT2D eigenvalue weighted by Gasteiger charge is 2.08. The molecular formula is C18H22N2O3. The molecule has 0 bridgehead atoms.